The topological polar surface area (TPSA) is 35.5 Å². The van der Waals surface area contributed by atoms with Crippen molar-refractivity contribution in [3.05, 3.63) is 0 Å². The zero-order chi connectivity index (χ0) is 6.41. The Labute approximate surface area is 48.5 Å². The van der Waals surface area contributed by atoms with Crippen molar-refractivity contribution in [2.45, 2.75) is 20.3 Å². The summed E-state index contributed by atoms with van der Waals surface area (Å²) in [5, 5.41) is 0. The van der Waals surface area contributed by atoms with E-state index in [0.717, 1.165) is 0 Å². The summed E-state index contributed by atoms with van der Waals surface area (Å²) >= 11 is 0. The van der Waals surface area contributed by atoms with Crippen LogP contribution in [0.25, 0.3) is 0 Å². The molecule has 3 heteroatoms. The molecule has 0 amide bonds. The minimum atomic E-state index is -0.327. The zero-order valence-electron chi connectivity index (χ0n) is 5.14. The van der Waals surface area contributed by atoms with Crippen LogP contribution in [0, 0.1) is 0 Å². The quantitative estimate of drug-likeness (QED) is 0.408. The van der Waals surface area contributed by atoms with Gasteiger partial charge in [0, 0.05) is 6.42 Å². The number of hydrogen-bond acceptors (Lipinski definition) is 3. The minimum absolute atomic E-state index is 0.327. The summed E-state index contributed by atoms with van der Waals surface area (Å²) in [5.74, 6) is -0.327. The third kappa shape index (κ3) is 3.61. The van der Waals surface area contributed by atoms with Crippen LogP contribution in [0.3, 0.4) is 0 Å². The third-order valence-corrected chi connectivity index (χ3v) is 0.558. The van der Waals surface area contributed by atoms with Crippen molar-refractivity contribution < 1.29 is 14.6 Å². The lowest BCUT2D eigenvalue weighted by atomic mass is 10.5. The fraction of sp³-hybridized carbons (Fsp3) is 0.800. The van der Waals surface area contributed by atoms with Crippen LogP contribution in [0.15, 0.2) is 0 Å². The third-order valence-electron chi connectivity index (χ3n) is 0.558. The molecule has 48 valence electrons. The summed E-state index contributed by atoms with van der Waals surface area (Å²) in [6.45, 7) is 3.87. The fourth-order valence-corrected chi connectivity index (χ4v) is 0.184. The van der Waals surface area contributed by atoms with E-state index in [2.05, 4.69) is 9.78 Å². The molecule has 0 spiro atoms. The van der Waals surface area contributed by atoms with Gasteiger partial charge in [0.15, 0.2) is 0 Å². The smallest absolute Gasteiger partial charge is 0.298 e. The normalized spacial score (nSPS) is 8.75. The van der Waals surface area contributed by atoms with Crippen LogP contribution < -0.4 is 0 Å². The highest BCUT2D eigenvalue weighted by Gasteiger charge is 1.95. The van der Waals surface area contributed by atoms with Gasteiger partial charge in [-0.25, -0.2) is 4.79 Å². The molecular formula is C5H10O3. The van der Waals surface area contributed by atoms with Crippen LogP contribution in [-0.2, 0) is 14.6 Å². The van der Waals surface area contributed by atoms with Crippen LogP contribution in [0.1, 0.15) is 20.3 Å². The van der Waals surface area contributed by atoms with Crippen LogP contribution in [0.4, 0.5) is 0 Å². The first-order chi connectivity index (χ1) is 3.81. The van der Waals surface area contributed by atoms with E-state index in [1.807, 2.05) is 0 Å². The van der Waals surface area contributed by atoms with Crippen molar-refractivity contribution >= 4 is 5.97 Å². The zero-order valence-corrected chi connectivity index (χ0v) is 5.14. The molecule has 0 radical (unpaired) electrons. The first-order valence-electron chi connectivity index (χ1n) is 2.63. The van der Waals surface area contributed by atoms with Gasteiger partial charge in [-0.2, -0.15) is 4.89 Å². The molecule has 0 aromatic heterocycles. The highest BCUT2D eigenvalue weighted by molar-refractivity contribution is 5.68. The van der Waals surface area contributed by atoms with Gasteiger partial charge in [0.1, 0.15) is 0 Å². The lowest BCUT2D eigenvalue weighted by Crippen LogP contribution is -2.02. The number of carbonyl (C=O) groups is 1. The van der Waals surface area contributed by atoms with E-state index < -0.39 is 0 Å². The number of hydrogen-bond donors (Lipinski definition) is 0. The Balaban J connectivity index is 2.99. The highest BCUT2D eigenvalue weighted by Crippen LogP contribution is 1.83. The SMILES string of the molecule is CCOOC(=O)CC. The maximum Gasteiger partial charge on any atom is 0.342 e. The molecule has 0 heterocycles. The second-order valence-corrected chi connectivity index (χ2v) is 1.22. The largest absolute Gasteiger partial charge is 0.342 e. The summed E-state index contributed by atoms with van der Waals surface area (Å²) < 4.78 is 0. The molecule has 0 unspecified atom stereocenters. The second kappa shape index (κ2) is 4.59. The van der Waals surface area contributed by atoms with E-state index in [0.29, 0.717) is 13.0 Å². The van der Waals surface area contributed by atoms with Crippen LogP contribution in [0.2, 0.25) is 0 Å². The van der Waals surface area contributed by atoms with Crippen molar-refractivity contribution in [1.29, 1.82) is 0 Å². The Morgan fingerprint density at radius 2 is 2.12 bits per heavy atom. The minimum Gasteiger partial charge on any atom is -0.298 e. The number of carbonyl (C=O) groups excluding carboxylic acids is 1. The number of rotatable bonds is 3. The van der Waals surface area contributed by atoms with Gasteiger partial charge in [-0.15, -0.1) is 0 Å². The molecule has 0 N–H and O–H groups in total. The Morgan fingerprint density at radius 1 is 1.50 bits per heavy atom. The molecule has 0 bridgehead atoms. The molecule has 3 nitrogen and oxygen atoms in total. The van der Waals surface area contributed by atoms with Gasteiger partial charge in [0.2, 0.25) is 0 Å². The van der Waals surface area contributed by atoms with Crippen molar-refractivity contribution in [3.8, 4) is 0 Å². The van der Waals surface area contributed by atoms with Gasteiger partial charge < -0.3 is 0 Å². The molecular weight excluding hydrogens is 108 g/mol. The molecule has 0 aliphatic carbocycles. The van der Waals surface area contributed by atoms with Crippen molar-refractivity contribution in [2.24, 2.45) is 0 Å². The average Bonchev–Trinajstić information content (AvgIpc) is 1.83. The van der Waals surface area contributed by atoms with Crippen LogP contribution in [0.5, 0.6) is 0 Å². The van der Waals surface area contributed by atoms with Gasteiger partial charge in [0.25, 0.3) is 0 Å². The molecule has 0 fully saturated rings. The molecule has 0 saturated heterocycles. The van der Waals surface area contributed by atoms with Crippen molar-refractivity contribution in [1.82, 2.24) is 0 Å². The summed E-state index contributed by atoms with van der Waals surface area (Å²) in [7, 11) is 0. The van der Waals surface area contributed by atoms with E-state index in [1.165, 1.54) is 0 Å². The van der Waals surface area contributed by atoms with Gasteiger partial charge in [-0.3, -0.25) is 4.89 Å². The molecule has 8 heavy (non-hydrogen) atoms. The fourth-order valence-electron chi connectivity index (χ4n) is 0.184. The monoisotopic (exact) mass is 118 g/mol. The van der Waals surface area contributed by atoms with E-state index in [1.54, 1.807) is 13.8 Å². The molecule has 0 atom stereocenters. The first-order valence-corrected chi connectivity index (χ1v) is 2.63. The standard InChI is InChI=1S/C5H10O3/c1-3-5(6)8-7-4-2/h3-4H2,1-2H3. The Hall–Kier alpha value is -0.570. The molecule has 0 rings (SSSR count). The first kappa shape index (κ1) is 7.43. The Morgan fingerprint density at radius 3 is 2.50 bits per heavy atom. The lowest BCUT2D eigenvalue weighted by Gasteiger charge is -1.95. The van der Waals surface area contributed by atoms with Gasteiger partial charge >= 0.3 is 5.97 Å². The van der Waals surface area contributed by atoms with Gasteiger partial charge in [-0.05, 0) is 6.92 Å². The molecule has 0 saturated carbocycles. The summed E-state index contributed by atoms with van der Waals surface area (Å²) in [6, 6.07) is 0. The summed E-state index contributed by atoms with van der Waals surface area (Å²) in [5.41, 5.74) is 0. The van der Waals surface area contributed by atoms with Gasteiger partial charge in [-0.1, -0.05) is 6.92 Å². The van der Waals surface area contributed by atoms with E-state index >= 15 is 0 Å². The lowest BCUT2D eigenvalue weighted by molar-refractivity contribution is -0.269. The molecule has 0 aliphatic heterocycles. The van der Waals surface area contributed by atoms with Gasteiger partial charge in [0.05, 0.1) is 6.61 Å². The summed E-state index contributed by atoms with van der Waals surface area (Å²) in [6.07, 6.45) is 0.361. The highest BCUT2D eigenvalue weighted by atomic mass is 17.2. The molecule has 0 aliphatic rings. The molecule has 0 aromatic rings. The summed E-state index contributed by atoms with van der Waals surface area (Å²) in [4.78, 5) is 18.8. The van der Waals surface area contributed by atoms with E-state index in [-0.39, 0.29) is 5.97 Å². The van der Waals surface area contributed by atoms with Crippen molar-refractivity contribution in [3.63, 3.8) is 0 Å². The Kier molecular flexibility index (Phi) is 4.26. The maximum atomic E-state index is 10.2. The second-order valence-electron chi connectivity index (χ2n) is 1.22. The maximum absolute atomic E-state index is 10.2. The van der Waals surface area contributed by atoms with E-state index in [9.17, 15) is 4.79 Å². The van der Waals surface area contributed by atoms with Crippen LogP contribution in [-0.4, -0.2) is 12.6 Å². The predicted molar refractivity (Wildman–Crippen MR) is 28.0 cm³/mol. The van der Waals surface area contributed by atoms with Crippen molar-refractivity contribution in [2.75, 3.05) is 6.61 Å². The average molecular weight is 118 g/mol. The molecule has 0 aromatic carbocycles. The van der Waals surface area contributed by atoms with Crippen LogP contribution >= 0.6 is 0 Å². The Bertz CT molecular complexity index is 70.1. The van der Waals surface area contributed by atoms with E-state index in [4.69, 9.17) is 0 Å². The predicted octanol–water partition coefficient (Wildman–Crippen LogP) is 0.891.